The van der Waals surface area contributed by atoms with Crippen LogP contribution in [0.2, 0.25) is 0 Å². The van der Waals surface area contributed by atoms with Crippen LogP contribution in [0.5, 0.6) is 0 Å². The Morgan fingerprint density at radius 3 is 2.33 bits per heavy atom. The Morgan fingerprint density at radius 2 is 1.88 bits per heavy atom. The normalized spacial score (nSPS) is 17.2. The molecule has 0 N–H and O–H groups in total. The minimum Gasteiger partial charge on any atom is -0.444 e. The van der Waals surface area contributed by atoms with Crippen LogP contribution in [0.25, 0.3) is 0 Å². The van der Waals surface area contributed by atoms with Gasteiger partial charge in [0.15, 0.2) is 0 Å². The van der Waals surface area contributed by atoms with Crippen LogP contribution < -0.4 is 0 Å². The lowest BCUT2D eigenvalue weighted by Gasteiger charge is -2.41. The number of hydrogen-bond donors (Lipinski definition) is 0. The summed E-state index contributed by atoms with van der Waals surface area (Å²) in [6.45, 7) is 6.88. The summed E-state index contributed by atoms with van der Waals surface area (Å²) in [5, 5.41) is 9.31. The number of nitriles is 1. The third-order valence-electron chi connectivity index (χ3n) is 4.49. The van der Waals surface area contributed by atoms with Crippen LogP contribution in [-0.2, 0) is 10.2 Å². The molecule has 1 amide bonds. The summed E-state index contributed by atoms with van der Waals surface area (Å²) in [7, 11) is 0. The molecule has 1 aliphatic heterocycles. The van der Waals surface area contributed by atoms with Gasteiger partial charge in [-0.15, -0.1) is 11.8 Å². The number of amides is 1. The number of nitrogens with zero attached hydrogens (tertiary/aromatic N) is 2. The Labute approximate surface area is 149 Å². The van der Waals surface area contributed by atoms with E-state index in [1.165, 1.54) is 10.5 Å². The summed E-state index contributed by atoms with van der Waals surface area (Å²) in [4.78, 5) is 15.2. The van der Waals surface area contributed by atoms with Crippen molar-refractivity contribution in [3.63, 3.8) is 0 Å². The molecule has 0 saturated carbocycles. The van der Waals surface area contributed by atoms with E-state index in [0.29, 0.717) is 19.5 Å². The van der Waals surface area contributed by atoms with Gasteiger partial charge in [-0.1, -0.05) is 12.1 Å². The Balaban J connectivity index is 2.11. The van der Waals surface area contributed by atoms with E-state index in [4.69, 9.17) is 4.74 Å². The number of piperidine rings is 1. The summed E-state index contributed by atoms with van der Waals surface area (Å²) in [6, 6.07) is 10.8. The molecule has 24 heavy (non-hydrogen) atoms. The maximum Gasteiger partial charge on any atom is 0.410 e. The highest BCUT2D eigenvalue weighted by atomic mass is 32.2. The van der Waals surface area contributed by atoms with Crippen LogP contribution in [-0.4, -0.2) is 35.9 Å². The molecule has 1 aliphatic rings. The maximum atomic E-state index is 12.2. The number of thioether (sulfide) groups is 1. The van der Waals surface area contributed by atoms with Crippen LogP contribution in [0.15, 0.2) is 29.2 Å². The van der Waals surface area contributed by atoms with E-state index in [9.17, 15) is 10.1 Å². The number of hydrogen-bond acceptors (Lipinski definition) is 4. The monoisotopic (exact) mass is 346 g/mol. The highest BCUT2D eigenvalue weighted by molar-refractivity contribution is 7.98. The fraction of sp³-hybridized carbons (Fsp3) is 0.579. The Hall–Kier alpha value is -1.67. The fourth-order valence-electron chi connectivity index (χ4n) is 3.11. The van der Waals surface area contributed by atoms with E-state index in [1.807, 2.05) is 20.8 Å². The molecule has 0 radical (unpaired) electrons. The number of ether oxygens (including phenoxy) is 1. The third-order valence-corrected chi connectivity index (χ3v) is 5.24. The number of likely N-dealkylation sites (tertiary alicyclic amines) is 1. The van der Waals surface area contributed by atoms with Gasteiger partial charge in [-0.25, -0.2) is 4.79 Å². The van der Waals surface area contributed by atoms with Crippen LogP contribution in [0.3, 0.4) is 0 Å². The van der Waals surface area contributed by atoms with Gasteiger partial charge >= 0.3 is 6.09 Å². The van der Waals surface area contributed by atoms with Crippen molar-refractivity contribution in [2.75, 3.05) is 19.3 Å². The summed E-state index contributed by atoms with van der Waals surface area (Å²) in [6.07, 6.45) is 3.86. The molecular formula is C19H26N2O2S. The van der Waals surface area contributed by atoms with E-state index in [1.54, 1.807) is 16.7 Å². The van der Waals surface area contributed by atoms with Gasteiger partial charge in [0, 0.05) is 29.8 Å². The number of carbonyl (C=O) groups is 1. The minimum absolute atomic E-state index is 0.162. The Morgan fingerprint density at radius 1 is 1.29 bits per heavy atom. The van der Waals surface area contributed by atoms with E-state index in [-0.39, 0.29) is 11.5 Å². The average molecular weight is 346 g/mol. The van der Waals surface area contributed by atoms with Gasteiger partial charge in [-0.3, -0.25) is 0 Å². The summed E-state index contributed by atoms with van der Waals surface area (Å²) < 4.78 is 5.46. The average Bonchev–Trinajstić information content (AvgIpc) is 2.54. The van der Waals surface area contributed by atoms with Crippen molar-refractivity contribution < 1.29 is 9.53 Å². The second kappa shape index (κ2) is 7.48. The van der Waals surface area contributed by atoms with Crippen molar-refractivity contribution in [2.24, 2.45) is 0 Å². The number of benzene rings is 1. The zero-order chi connectivity index (χ0) is 17.8. The topological polar surface area (TPSA) is 53.3 Å². The number of rotatable bonds is 3. The molecule has 1 heterocycles. The van der Waals surface area contributed by atoms with Crippen LogP contribution in [0.1, 0.15) is 45.6 Å². The largest absolute Gasteiger partial charge is 0.444 e. The van der Waals surface area contributed by atoms with Gasteiger partial charge in [-0.2, -0.15) is 5.26 Å². The van der Waals surface area contributed by atoms with Crippen molar-refractivity contribution in [3.8, 4) is 6.07 Å². The van der Waals surface area contributed by atoms with Gasteiger partial charge in [-0.05, 0) is 57.6 Å². The van der Waals surface area contributed by atoms with E-state index >= 15 is 0 Å². The molecule has 0 aliphatic carbocycles. The smallest absolute Gasteiger partial charge is 0.410 e. The molecule has 0 unspecified atom stereocenters. The van der Waals surface area contributed by atoms with Gasteiger partial charge in [0.2, 0.25) is 0 Å². The molecule has 0 aromatic heterocycles. The van der Waals surface area contributed by atoms with Crippen LogP contribution in [0, 0.1) is 11.3 Å². The maximum absolute atomic E-state index is 12.2. The molecule has 1 aromatic carbocycles. The van der Waals surface area contributed by atoms with Crippen LogP contribution in [0.4, 0.5) is 4.79 Å². The first-order valence-corrected chi connectivity index (χ1v) is 9.51. The zero-order valence-electron chi connectivity index (χ0n) is 15.0. The molecule has 1 aromatic rings. The molecule has 130 valence electrons. The predicted octanol–water partition coefficient (Wildman–Crippen LogP) is 4.59. The predicted molar refractivity (Wildman–Crippen MR) is 97.2 cm³/mol. The molecule has 0 bridgehead atoms. The highest BCUT2D eigenvalue weighted by Crippen LogP contribution is 2.39. The molecule has 2 rings (SSSR count). The first-order valence-electron chi connectivity index (χ1n) is 8.29. The molecule has 4 nitrogen and oxygen atoms in total. The van der Waals surface area contributed by atoms with Crippen molar-refractivity contribution in [3.05, 3.63) is 29.8 Å². The summed E-state index contributed by atoms with van der Waals surface area (Å²) >= 11 is 1.71. The highest BCUT2D eigenvalue weighted by Gasteiger charge is 2.38. The zero-order valence-corrected chi connectivity index (χ0v) is 15.8. The van der Waals surface area contributed by atoms with Gasteiger partial charge in [0.25, 0.3) is 0 Å². The lowest BCUT2D eigenvalue weighted by Crippen LogP contribution is -2.46. The molecule has 5 heteroatoms. The van der Waals surface area contributed by atoms with E-state index in [2.05, 4.69) is 36.6 Å². The first-order chi connectivity index (χ1) is 11.3. The van der Waals surface area contributed by atoms with Crippen molar-refractivity contribution >= 4 is 17.9 Å². The van der Waals surface area contributed by atoms with Crippen LogP contribution >= 0.6 is 11.8 Å². The quantitative estimate of drug-likeness (QED) is 0.751. The first kappa shape index (κ1) is 18.7. The lowest BCUT2D eigenvalue weighted by atomic mass is 9.71. The number of carbonyl (C=O) groups excluding carboxylic acids is 1. The minimum atomic E-state index is -0.480. The van der Waals surface area contributed by atoms with E-state index in [0.717, 1.165) is 12.8 Å². The van der Waals surface area contributed by atoms with Gasteiger partial charge in [0.05, 0.1) is 6.07 Å². The van der Waals surface area contributed by atoms with Crippen molar-refractivity contribution in [1.82, 2.24) is 4.90 Å². The summed E-state index contributed by atoms with van der Waals surface area (Å²) in [5.74, 6) is 0. The SMILES string of the molecule is CSc1ccc(C2(CC#N)CCN(C(=O)OC(C)(C)C)CC2)cc1. The van der Waals surface area contributed by atoms with Crippen molar-refractivity contribution in [1.29, 1.82) is 5.26 Å². The molecule has 0 atom stereocenters. The third kappa shape index (κ3) is 4.45. The standard InChI is InChI=1S/C19H26N2O2S/c1-18(2,3)23-17(22)21-13-10-19(9-12-20,11-14-21)15-5-7-16(24-4)8-6-15/h5-8H,9-11,13-14H2,1-4H3. The summed E-state index contributed by atoms with van der Waals surface area (Å²) in [5.41, 5.74) is 0.557. The molecule has 1 fully saturated rings. The fourth-order valence-corrected chi connectivity index (χ4v) is 3.52. The van der Waals surface area contributed by atoms with Gasteiger partial charge < -0.3 is 9.64 Å². The second-order valence-corrected chi connectivity index (χ2v) is 8.19. The molecule has 0 spiro atoms. The lowest BCUT2D eigenvalue weighted by molar-refractivity contribution is 0.0165. The molecule has 1 saturated heterocycles. The molecular weight excluding hydrogens is 320 g/mol. The van der Waals surface area contributed by atoms with Crippen molar-refractivity contribution in [2.45, 2.75) is 55.9 Å². The Kier molecular flexibility index (Phi) is 5.82. The van der Waals surface area contributed by atoms with E-state index < -0.39 is 5.60 Å². The Bertz CT molecular complexity index is 606. The van der Waals surface area contributed by atoms with Gasteiger partial charge in [0.1, 0.15) is 5.60 Å². The second-order valence-electron chi connectivity index (χ2n) is 7.31.